The smallest absolute Gasteiger partial charge is 0.308 e. The van der Waals surface area contributed by atoms with Crippen LogP contribution in [0.15, 0.2) is 17.4 Å². The van der Waals surface area contributed by atoms with E-state index >= 15 is 0 Å². The van der Waals surface area contributed by atoms with Crippen LogP contribution in [0.25, 0.3) is 0 Å². The van der Waals surface area contributed by atoms with Gasteiger partial charge in [0, 0.05) is 42.9 Å². The van der Waals surface area contributed by atoms with Crippen molar-refractivity contribution in [2.45, 2.75) is 85.7 Å². The topological polar surface area (TPSA) is 116 Å². The maximum absolute atomic E-state index is 13.5. The number of rotatable bonds is 4. The first-order chi connectivity index (χ1) is 15.6. The van der Waals surface area contributed by atoms with Crippen molar-refractivity contribution in [1.29, 1.82) is 0 Å². The molecule has 0 spiro atoms. The highest BCUT2D eigenvalue weighted by Crippen LogP contribution is 2.60. The molecule has 1 N–H and O–H groups in total. The fraction of sp³-hybridized carbons (Fsp3) is 0.538. The second kappa shape index (κ2) is 8.56. The molecule has 2 aliphatic rings. The Labute approximate surface area is 199 Å². The van der Waals surface area contributed by atoms with Crippen molar-refractivity contribution in [3.8, 4) is 11.5 Å². The Balaban J connectivity index is 2.45. The fourth-order valence-corrected chi connectivity index (χ4v) is 5.72. The molecule has 34 heavy (non-hydrogen) atoms. The molecule has 0 unspecified atom stereocenters. The van der Waals surface area contributed by atoms with Crippen LogP contribution in [-0.2, 0) is 24.5 Å². The molecule has 1 saturated carbocycles. The van der Waals surface area contributed by atoms with Gasteiger partial charge >= 0.3 is 17.9 Å². The summed E-state index contributed by atoms with van der Waals surface area (Å²) in [5, 5.41) is 11.1. The molecule has 1 aromatic carbocycles. The summed E-state index contributed by atoms with van der Waals surface area (Å²) >= 11 is 0. The molecule has 0 radical (unpaired) electrons. The Morgan fingerprint density at radius 1 is 0.971 bits per heavy atom. The first-order valence-electron chi connectivity index (χ1n) is 11.3. The van der Waals surface area contributed by atoms with Crippen LogP contribution in [0.5, 0.6) is 11.5 Å². The number of aliphatic hydroxyl groups excluding tert-OH is 1. The zero-order chi connectivity index (χ0) is 25.7. The third-order valence-corrected chi connectivity index (χ3v) is 6.56. The number of aliphatic hydroxyl groups is 1. The standard InChI is InChI=1S/C26H32O8/c1-12(2)17-9-18-19(23(34-15(5)29)22(17)33-14(4)28)26(8)11-16(32-13(3)27)10-25(6,7)24(26)21(31)20(18)30/h9,12,16,31H,10-11H2,1-8H3/t16-,26+/m0/s1. The SMILES string of the molecule is CC(=O)Oc1c(C(C)C)cc2c(c1OC(C)=O)[C@@]1(C)C[C@@H](OC(C)=O)CC(C)(C)C1=C(O)C2=O. The minimum Gasteiger partial charge on any atom is -0.504 e. The van der Waals surface area contributed by atoms with Crippen LogP contribution in [-0.4, -0.2) is 34.9 Å². The highest BCUT2D eigenvalue weighted by atomic mass is 16.6. The molecular formula is C26H32O8. The summed E-state index contributed by atoms with van der Waals surface area (Å²) in [6.45, 7) is 13.0. The van der Waals surface area contributed by atoms with E-state index in [1.807, 2.05) is 34.6 Å². The van der Waals surface area contributed by atoms with Crippen molar-refractivity contribution in [3.63, 3.8) is 0 Å². The number of Topliss-reactive ketones (excluding diaryl/α,β-unsaturated/α-hetero) is 1. The quantitative estimate of drug-likeness (QED) is 0.496. The van der Waals surface area contributed by atoms with Crippen LogP contribution in [0, 0.1) is 5.41 Å². The van der Waals surface area contributed by atoms with E-state index in [9.17, 15) is 24.3 Å². The predicted octanol–water partition coefficient (Wildman–Crippen LogP) is 4.68. The molecule has 0 heterocycles. The number of ether oxygens (including phenoxy) is 3. The van der Waals surface area contributed by atoms with Gasteiger partial charge in [-0.25, -0.2) is 0 Å². The van der Waals surface area contributed by atoms with E-state index in [0.29, 0.717) is 23.1 Å². The van der Waals surface area contributed by atoms with Crippen LogP contribution < -0.4 is 9.47 Å². The third-order valence-electron chi connectivity index (χ3n) is 6.56. The number of benzene rings is 1. The Morgan fingerprint density at radius 3 is 2.03 bits per heavy atom. The molecule has 1 aromatic rings. The van der Waals surface area contributed by atoms with Gasteiger partial charge in [0.2, 0.25) is 5.78 Å². The van der Waals surface area contributed by atoms with Gasteiger partial charge in [-0.05, 0) is 35.8 Å². The van der Waals surface area contributed by atoms with Gasteiger partial charge in [-0.15, -0.1) is 0 Å². The second-order valence-corrected chi connectivity index (χ2v) is 10.3. The van der Waals surface area contributed by atoms with Gasteiger partial charge in [-0.1, -0.05) is 34.6 Å². The second-order valence-electron chi connectivity index (χ2n) is 10.3. The minimum absolute atomic E-state index is 0.0241. The van der Waals surface area contributed by atoms with E-state index in [2.05, 4.69) is 0 Å². The number of ketones is 1. The third kappa shape index (κ3) is 4.21. The Hall–Kier alpha value is -3.16. The zero-order valence-electron chi connectivity index (χ0n) is 21.0. The predicted molar refractivity (Wildman–Crippen MR) is 123 cm³/mol. The lowest BCUT2D eigenvalue weighted by atomic mass is 9.53. The molecule has 3 rings (SSSR count). The van der Waals surface area contributed by atoms with E-state index < -0.39 is 40.6 Å². The summed E-state index contributed by atoms with van der Waals surface area (Å²) in [6, 6.07) is 1.59. The molecule has 8 heteroatoms. The van der Waals surface area contributed by atoms with Gasteiger partial charge in [0.05, 0.1) is 0 Å². The van der Waals surface area contributed by atoms with Crippen molar-refractivity contribution in [3.05, 3.63) is 34.1 Å². The van der Waals surface area contributed by atoms with Crippen molar-refractivity contribution >= 4 is 23.7 Å². The van der Waals surface area contributed by atoms with Crippen molar-refractivity contribution < 1.29 is 38.5 Å². The Kier molecular flexibility index (Phi) is 6.41. The molecule has 0 saturated heterocycles. The van der Waals surface area contributed by atoms with Crippen molar-refractivity contribution in [2.24, 2.45) is 5.41 Å². The average Bonchev–Trinajstić information content (AvgIpc) is 2.64. The lowest BCUT2D eigenvalue weighted by molar-refractivity contribution is -0.149. The monoisotopic (exact) mass is 472 g/mol. The first kappa shape index (κ1) is 25.5. The van der Waals surface area contributed by atoms with Crippen LogP contribution >= 0.6 is 0 Å². The van der Waals surface area contributed by atoms with E-state index in [0.717, 1.165) is 0 Å². The molecule has 0 bridgehead atoms. The number of carbonyl (C=O) groups excluding carboxylic acids is 4. The summed E-state index contributed by atoms with van der Waals surface area (Å²) in [4.78, 5) is 49.5. The largest absolute Gasteiger partial charge is 0.504 e. The number of esters is 3. The first-order valence-corrected chi connectivity index (χ1v) is 11.3. The maximum atomic E-state index is 13.5. The van der Waals surface area contributed by atoms with E-state index in [1.165, 1.54) is 20.8 Å². The molecule has 2 atom stereocenters. The van der Waals surface area contributed by atoms with Crippen LogP contribution in [0.4, 0.5) is 0 Å². The minimum atomic E-state index is -1.05. The molecule has 0 amide bonds. The van der Waals surface area contributed by atoms with Crippen molar-refractivity contribution in [2.75, 3.05) is 0 Å². The van der Waals surface area contributed by atoms with Gasteiger partial charge in [0.15, 0.2) is 17.3 Å². The number of allylic oxidation sites excluding steroid dienone is 2. The van der Waals surface area contributed by atoms with Crippen LogP contribution in [0.2, 0.25) is 0 Å². The molecule has 184 valence electrons. The van der Waals surface area contributed by atoms with E-state index in [1.54, 1.807) is 6.07 Å². The molecule has 0 aliphatic heterocycles. The number of fused-ring (bicyclic) bond motifs is 3. The maximum Gasteiger partial charge on any atom is 0.308 e. The number of hydrogen-bond donors (Lipinski definition) is 1. The number of hydrogen-bond acceptors (Lipinski definition) is 8. The number of carbonyl (C=O) groups is 4. The molecule has 0 aromatic heterocycles. The van der Waals surface area contributed by atoms with E-state index in [4.69, 9.17) is 14.2 Å². The molecule has 2 aliphatic carbocycles. The van der Waals surface area contributed by atoms with Gasteiger partial charge in [0.25, 0.3) is 0 Å². The highest BCUT2D eigenvalue weighted by molar-refractivity contribution is 6.12. The van der Waals surface area contributed by atoms with Gasteiger partial charge < -0.3 is 19.3 Å². The van der Waals surface area contributed by atoms with Gasteiger partial charge in [-0.2, -0.15) is 0 Å². The Bertz CT molecular complexity index is 1120. The van der Waals surface area contributed by atoms with Crippen LogP contribution in [0.1, 0.15) is 95.6 Å². The normalized spacial score (nSPS) is 23.2. The molecule has 1 fully saturated rings. The van der Waals surface area contributed by atoms with Crippen molar-refractivity contribution in [1.82, 2.24) is 0 Å². The van der Waals surface area contributed by atoms with E-state index in [-0.39, 0.29) is 35.2 Å². The summed E-state index contributed by atoms with van der Waals surface area (Å²) in [6.07, 6.45) is 0.126. The molecule has 8 nitrogen and oxygen atoms in total. The lowest BCUT2D eigenvalue weighted by Crippen LogP contribution is -2.49. The van der Waals surface area contributed by atoms with Gasteiger partial charge in [-0.3, -0.25) is 19.2 Å². The zero-order valence-corrected chi connectivity index (χ0v) is 21.0. The highest BCUT2D eigenvalue weighted by Gasteiger charge is 2.55. The summed E-state index contributed by atoms with van der Waals surface area (Å²) in [5.74, 6) is -2.80. The molecular weight excluding hydrogens is 440 g/mol. The fourth-order valence-electron chi connectivity index (χ4n) is 5.72. The summed E-state index contributed by atoms with van der Waals surface area (Å²) in [7, 11) is 0. The average molecular weight is 473 g/mol. The Morgan fingerprint density at radius 2 is 1.53 bits per heavy atom. The van der Waals surface area contributed by atoms with Gasteiger partial charge in [0.1, 0.15) is 6.10 Å². The van der Waals surface area contributed by atoms with Crippen LogP contribution in [0.3, 0.4) is 0 Å². The lowest BCUT2D eigenvalue weighted by Gasteiger charge is -2.51. The summed E-state index contributed by atoms with van der Waals surface area (Å²) < 4.78 is 16.8. The summed E-state index contributed by atoms with van der Waals surface area (Å²) in [5.41, 5.74) is -0.309.